The second-order valence-corrected chi connectivity index (χ2v) is 9.05. The number of nitrogens with one attached hydrogen (secondary N) is 2. The minimum atomic E-state index is -0.726. The van der Waals surface area contributed by atoms with Gasteiger partial charge in [-0.05, 0) is 5.41 Å². The zero-order chi connectivity index (χ0) is 21.2. The highest BCUT2D eigenvalue weighted by molar-refractivity contribution is 7.13. The molecule has 3 rings (SSSR count). The van der Waals surface area contributed by atoms with E-state index in [-0.39, 0.29) is 24.8 Å². The third kappa shape index (κ3) is 4.73. The molecule has 3 atom stereocenters. The first-order valence-corrected chi connectivity index (χ1v) is 10.3. The van der Waals surface area contributed by atoms with Crippen molar-refractivity contribution in [2.45, 2.75) is 51.9 Å². The molecule has 11 heteroatoms. The lowest BCUT2D eigenvalue weighted by molar-refractivity contribution is -0.144. The summed E-state index contributed by atoms with van der Waals surface area (Å²) >= 11 is 1.49. The zero-order valence-electron chi connectivity index (χ0n) is 17.0. The van der Waals surface area contributed by atoms with Gasteiger partial charge in [-0.25, -0.2) is 9.67 Å². The predicted octanol–water partition coefficient (Wildman–Crippen LogP) is 0.642. The summed E-state index contributed by atoms with van der Waals surface area (Å²) in [5.41, 5.74) is 0.192. The molecule has 0 aromatic carbocycles. The topological polar surface area (TPSA) is 125 Å². The highest BCUT2D eigenvalue weighted by Gasteiger charge is 2.44. The van der Waals surface area contributed by atoms with Crippen LogP contribution in [-0.4, -0.2) is 67.5 Å². The molecular formula is C18H27N7O3S. The summed E-state index contributed by atoms with van der Waals surface area (Å²) in [6, 6.07) is -1.36. The molecule has 2 aromatic rings. The summed E-state index contributed by atoms with van der Waals surface area (Å²) in [5.74, 6) is -0.540. The van der Waals surface area contributed by atoms with Gasteiger partial charge in [0.2, 0.25) is 11.8 Å². The fraction of sp³-hybridized carbons (Fsp3) is 0.611. The average Bonchev–Trinajstić information content (AvgIpc) is 3.39. The second-order valence-electron chi connectivity index (χ2n) is 8.16. The van der Waals surface area contributed by atoms with Gasteiger partial charge in [0.1, 0.15) is 17.8 Å². The number of carbonyl (C=O) groups is 2. The van der Waals surface area contributed by atoms with E-state index in [0.29, 0.717) is 12.2 Å². The Labute approximate surface area is 173 Å². The van der Waals surface area contributed by atoms with E-state index >= 15 is 0 Å². The Kier molecular flexibility index (Phi) is 6.18. The van der Waals surface area contributed by atoms with Crippen molar-refractivity contribution in [3.8, 4) is 0 Å². The largest absolute Gasteiger partial charge is 0.391 e. The van der Waals surface area contributed by atoms with Gasteiger partial charge in [0.25, 0.3) is 0 Å². The normalized spacial score (nSPS) is 20.5. The molecule has 0 aliphatic carbocycles. The maximum atomic E-state index is 13.4. The number of nitrogens with zero attached hydrogens (tertiary/aromatic N) is 5. The van der Waals surface area contributed by atoms with E-state index in [9.17, 15) is 14.7 Å². The van der Waals surface area contributed by atoms with E-state index in [4.69, 9.17) is 0 Å². The van der Waals surface area contributed by atoms with Crippen LogP contribution in [0.5, 0.6) is 0 Å². The third-order valence-electron chi connectivity index (χ3n) is 4.84. The van der Waals surface area contributed by atoms with Crippen LogP contribution >= 0.6 is 11.3 Å². The summed E-state index contributed by atoms with van der Waals surface area (Å²) in [6.45, 7) is 6.36. The molecule has 158 valence electrons. The van der Waals surface area contributed by atoms with Crippen LogP contribution in [-0.2, 0) is 16.1 Å². The van der Waals surface area contributed by atoms with Gasteiger partial charge < -0.3 is 20.6 Å². The lowest BCUT2D eigenvalue weighted by atomic mass is 9.85. The minimum absolute atomic E-state index is 0.122. The molecule has 1 fully saturated rings. The number of likely N-dealkylation sites (tertiary alicyclic amines) is 1. The summed E-state index contributed by atoms with van der Waals surface area (Å²) < 4.78 is 1.55. The van der Waals surface area contributed by atoms with E-state index in [1.165, 1.54) is 23.3 Å². The van der Waals surface area contributed by atoms with Crippen LogP contribution < -0.4 is 10.6 Å². The Hall–Kier alpha value is -2.53. The molecular weight excluding hydrogens is 394 g/mol. The van der Waals surface area contributed by atoms with Gasteiger partial charge in [-0.3, -0.25) is 9.59 Å². The second kappa shape index (κ2) is 8.46. The predicted molar refractivity (Wildman–Crippen MR) is 108 cm³/mol. The molecule has 3 heterocycles. The number of carbonyl (C=O) groups excluding carboxylic acids is 2. The molecule has 0 saturated carbocycles. The van der Waals surface area contributed by atoms with Gasteiger partial charge in [-0.15, -0.1) is 16.4 Å². The van der Waals surface area contributed by atoms with Crippen LogP contribution in [0.2, 0.25) is 0 Å². The highest BCUT2D eigenvalue weighted by atomic mass is 32.1. The SMILES string of the molecule is CNC(=O)C1CC(O)CN1C(=O)[C@@H](n1cc(CNc2nccs2)nn1)C(C)(C)C. The van der Waals surface area contributed by atoms with Crippen molar-refractivity contribution >= 4 is 28.3 Å². The maximum Gasteiger partial charge on any atom is 0.248 e. The quantitative estimate of drug-likeness (QED) is 0.625. The molecule has 2 amide bonds. The Bertz CT molecular complexity index is 846. The number of aliphatic hydroxyl groups is 1. The number of aromatic nitrogens is 4. The van der Waals surface area contributed by atoms with Crippen molar-refractivity contribution < 1.29 is 14.7 Å². The fourth-order valence-corrected chi connectivity index (χ4v) is 4.04. The summed E-state index contributed by atoms with van der Waals surface area (Å²) in [6.07, 6.45) is 2.94. The van der Waals surface area contributed by atoms with Crippen LogP contribution in [0.1, 0.15) is 38.9 Å². The van der Waals surface area contributed by atoms with Crippen LogP contribution in [0, 0.1) is 5.41 Å². The zero-order valence-corrected chi connectivity index (χ0v) is 17.8. The first-order chi connectivity index (χ1) is 13.7. The first-order valence-electron chi connectivity index (χ1n) is 9.45. The molecule has 10 nitrogen and oxygen atoms in total. The Morgan fingerprint density at radius 2 is 2.17 bits per heavy atom. The number of aliphatic hydroxyl groups excluding tert-OH is 1. The van der Waals surface area contributed by atoms with Gasteiger partial charge in [0.15, 0.2) is 5.13 Å². The average molecular weight is 422 g/mol. The van der Waals surface area contributed by atoms with Crippen molar-refractivity contribution in [3.05, 3.63) is 23.5 Å². The Morgan fingerprint density at radius 3 is 2.79 bits per heavy atom. The summed E-state index contributed by atoms with van der Waals surface area (Å²) in [5, 5.41) is 26.8. The molecule has 2 unspecified atom stereocenters. The van der Waals surface area contributed by atoms with Crippen molar-refractivity contribution in [2.24, 2.45) is 5.41 Å². The van der Waals surface area contributed by atoms with Gasteiger partial charge in [0.05, 0.1) is 18.8 Å². The number of hydrogen-bond donors (Lipinski definition) is 3. The maximum absolute atomic E-state index is 13.4. The van der Waals surface area contributed by atoms with Gasteiger partial charge in [0, 0.05) is 31.6 Å². The Morgan fingerprint density at radius 1 is 1.41 bits per heavy atom. The van der Waals surface area contributed by atoms with Gasteiger partial charge in [-0.2, -0.15) is 0 Å². The van der Waals surface area contributed by atoms with Crippen LogP contribution in [0.15, 0.2) is 17.8 Å². The van der Waals surface area contributed by atoms with Gasteiger partial charge >= 0.3 is 0 Å². The molecule has 0 bridgehead atoms. The third-order valence-corrected chi connectivity index (χ3v) is 5.57. The van der Waals surface area contributed by atoms with Crippen molar-refractivity contribution in [2.75, 3.05) is 18.9 Å². The highest BCUT2D eigenvalue weighted by Crippen LogP contribution is 2.34. The first kappa shape index (κ1) is 21.2. The molecule has 1 saturated heterocycles. The van der Waals surface area contributed by atoms with Gasteiger partial charge in [-0.1, -0.05) is 26.0 Å². The van der Waals surface area contributed by atoms with Crippen LogP contribution in [0.25, 0.3) is 0 Å². The molecule has 0 spiro atoms. The van der Waals surface area contributed by atoms with Crippen LogP contribution in [0.4, 0.5) is 5.13 Å². The number of amides is 2. The molecule has 1 aliphatic heterocycles. The number of likely N-dealkylation sites (N-methyl/N-ethyl adjacent to an activating group) is 1. The van der Waals surface area contributed by atoms with Crippen molar-refractivity contribution in [3.63, 3.8) is 0 Å². The minimum Gasteiger partial charge on any atom is -0.391 e. The molecule has 2 aromatic heterocycles. The number of anilines is 1. The summed E-state index contributed by atoms with van der Waals surface area (Å²) in [7, 11) is 1.52. The number of hydrogen-bond acceptors (Lipinski definition) is 8. The molecule has 3 N–H and O–H groups in total. The molecule has 1 aliphatic rings. The number of thiazole rings is 1. The monoisotopic (exact) mass is 421 g/mol. The smallest absolute Gasteiger partial charge is 0.248 e. The van der Waals surface area contributed by atoms with E-state index in [1.54, 1.807) is 17.1 Å². The van der Waals surface area contributed by atoms with E-state index < -0.39 is 23.6 Å². The summed E-state index contributed by atoms with van der Waals surface area (Å²) in [4.78, 5) is 31.3. The van der Waals surface area contributed by atoms with Crippen molar-refractivity contribution in [1.29, 1.82) is 0 Å². The molecule has 0 radical (unpaired) electrons. The lowest BCUT2D eigenvalue weighted by Gasteiger charge is -2.34. The number of β-amino-alcohol motifs (C(OH)–C–C–N with tert-alkyl or cyclic N) is 1. The number of rotatable bonds is 6. The lowest BCUT2D eigenvalue weighted by Crippen LogP contribution is -2.49. The van der Waals surface area contributed by atoms with Crippen LogP contribution in [0.3, 0.4) is 0 Å². The molecule has 29 heavy (non-hydrogen) atoms. The van der Waals surface area contributed by atoms with Crippen molar-refractivity contribution in [1.82, 2.24) is 30.2 Å². The fourth-order valence-electron chi connectivity index (χ4n) is 3.51. The van der Waals surface area contributed by atoms with E-state index in [0.717, 1.165) is 5.13 Å². The standard InChI is InChI=1S/C18H27N7O3S/c1-18(2,3)14(16(28)24-10-12(26)7-13(24)15(27)19-4)25-9-11(22-23-25)8-21-17-20-5-6-29-17/h5-6,9,12-14,26H,7-8,10H2,1-4H3,(H,19,27)(H,20,21)/t12?,13?,14-/m1/s1. The Balaban J connectivity index is 1.81. The van der Waals surface area contributed by atoms with E-state index in [2.05, 4.69) is 25.9 Å². The van der Waals surface area contributed by atoms with E-state index in [1.807, 2.05) is 26.2 Å².